The summed E-state index contributed by atoms with van der Waals surface area (Å²) in [6.45, 7) is 5.44. The smallest absolute Gasteiger partial charge is 0.339 e. The molecule has 0 aromatic heterocycles. The number of aromatic carboxylic acids is 1. The average Bonchev–Trinajstić information content (AvgIpc) is 2.45. The van der Waals surface area contributed by atoms with E-state index in [2.05, 4.69) is 5.32 Å². The molecule has 1 rings (SSSR count). The zero-order valence-electron chi connectivity index (χ0n) is 12.4. The Kier molecular flexibility index (Phi) is 6.14. The first-order chi connectivity index (χ1) is 9.88. The number of carboxylic acid groups (broad SMARTS) is 1. The molecule has 0 radical (unpaired) electrons. The van der Waals surface area contributed by atoms with Crippen molar-refractivity contribution in [3.8, 4) is 5.75 Å². The molecule has 0 saturated heterocycles. The van der Waals surface area contributed by atoms with Crippen LogP contribution in [-0.2, 0) is 4.79 Å². The van der Waals surface area contributed by atoms with Gasteiger partial charge in [-0.05, 0) is 38.0 Å². The van der Waals surface area contributed by atoms with Gasteiger partial charge in [-0.1, -0.05) is 13.8 Å². The Morgan fingerprint density at radius 2 is 1.95 bits per heavy atom. The van der Waals surface area contributed by atoms with E-state index in [-0.39, 0.29) is 23.3 Å². The molecule has 0 saturated carbocycles. The van der Waals surface area contributed by atoms with Crippen LogP contribution < -0.4 is 10.1 Å². The van der Waals surface area contributed by atoms with Crippen molar-refractivity contribution in [3.63, 3.8) is 0 Å². The maximum Gasteiger partial charge on any atom is 0.339 e. The van der Waals surface area contributed by atoms with Crippen molar-refractivity contribution in [2.24, 2.45) is 0 Å². The van der Waals surface area contributed by atoms with Crippen LogP contribution in [0.3, 0.4) is 0 Å². The number of nitrogens with one attached hydrogen (secondary N) is 1. The summed E-state index contributed by atoms with van der Waals surface area (Å²) in [7, 11) is 0. The van der Waals surface area contributed by atoms with Gasteiger partial charge in [-0.15, -0.1) is 0 Å². The Labute approximate surface area is 123 Å². The molecule has 0 fully saturated rings. The third kappa shape index (κ3) is 4.73. The molecule has 1 atom stereocenters. The van der Waals surface area contributed by atoms with Crippen LogP contribution in [0.2, 0.25) is 0 Å². The third-order valence-electron chi connectivity index (χ3n) is 3.18. The minimum atomic E-state index is -1.31. The highest BCUT2D eigenvalue weighted by Crippen LogP contribution is 2.21. The molecular weight excluding hydrogens is 277 g/mol. The number of carbonyl (C=O) groups is 2. The van der Waals surface area contributed by atoms with Crippen LogP contribution in [0.5, 0.6) is 5.75 Å². The summed E-state index contributed by atoms with van der Waals surface area (Å²) in [5.74, 6) is -2.34. The third-order valence-corrected chi connectivity index (χ3v) is 3.18. The fourth-order valence-corrected chi connectivity index (χ4v) is 1.83. The van der Waals surface area contributed by atoms with Gasteiger partial charge >= 0.3 is 5.97 Å². The molecular formula is C15H20FNO4. The van der Waals surface area contributed by atoms with Crippen LogP contribution in [-0.4, -0.2) is 29.1 Å². The highest BCUT2D eigenvalue weighted by Gasteiger charge is 2.20. The minimum absolute atomic E-state index is 0.0314. The SMILES string of the molecule is CCC(CC)NC(=O)C(C)Oc1ccc(F)cc1C(=O)O. The summed E-state index contributed by atoms with van der Waals surface area (Å²) < 4.78 is 18.4. The van der Waals surface area contributed by atoms with Crippen LogP contribution >= 0.6 is 0 Å². The average molecular weight is 297 g/mol. The monoisotopic (exact) mass is 297 g/mol. The molecule has 0 aliphatic carbocycles. The second kappa shape index (κ2) is 7.61. The number of benzene rings is 1. The zero-order valence-corrected chi connectivity index (χ0v) is 12.4. The van der Waals surface area contributed by atoms with Gasteiger partial charge in [0.25, 0.3) is 5.91 Å². The molecule has 116 valence electrons. The number of halogens is 1. The Bertz CT molecular complexity index is 514. The van der Waals surface area contributed by atoms with Gasteiger partial charge in [-0.2, -0.15) is 0 Å². The van der Waals surface area contributed by atoms with E-state index in [4.69, 9.17) is 9.84 Å². The number of carbonyl (C=O) groups excluding carboxylic acids is 1. The fourth-order valence-electron chi connectivity index (χ4n) is 1.83. The molecule has 1 unspecified atom stereocenters. The molecule has 1 amide bonds. The first-order valence-electron chi connectivity index (χ1n) is 6.88. The molecule has 0 aliphatic heterocycles. The number of carboxylic acids is 1. The summed E-state index contributed by atoms with van der Waals surface area (Å²) >= 11 is 0. The van der Waals surface area contributed by atoms with Crippen LogP contribution in [0, 0.1) is 5.82 Å². The van der Waals surface area contributed by atoms with Crippen molar-refractivity contribution in [1.29, 1.82) is 0 Å². The molecule has 5 nitrogen and oxygen atoms in total. The maximum atomic E-state index is 13.1. The Hall–Kier alpha value is -2.11. The highest BCUT2D eigenvalue weighted by molar-refractivity contribution is 5.91. The normalized spacial score (nSPS) is 12.0. The zero-order chi connectivity index (χ0) is 16.0. The Balaban J connectivity index is 2.81. The molecule has 21 heavy (non-hydrogen) atoms. The largest absolute Gasteiger partial charge is 0.480 e. The van der Waals surface area contributed by atoms with Crippen molar-refractivity contribution in [3.05, 3.63) is 29.6 Å². The van der Waals surface area contributed by atoms with Crippen molar-refractivity contribution in [2.75, 3.05) is 0 Å². The van der Waals surface area contributed by atoms with E-state index in [1.165, 1.54) is 13.0 Å². The van der Waals surface area contributed by atoms with Gasteiger partial charge in [-0.25, -0.2) is 9.18 Å². The standard InChI is InChI=1S/C15H20FNO4/c1-4-11(5-2)17-14(18)9(3)21-13-7-6-10(16)8-12(13)15(19)20/h6-9,11H,4-5H2,1-3H3,(H,17,18)(H,19,20). The molecule has 0 bridgehead atoms. The Morgan fingerprint density at radius 1 is 1.33 bits per heavy atom. The van der Waals surface area contributed by atoms with Gasteiger partial charge in [0, 0.05) is 6.04 Å². The van der Waals surface area contributed by atoms with Crippen molar-refractivity contribution in [1.82, 2.24) is 5.32 Å². The highest BCUT2D eigenvalue weighted by atomic mass is 19.1. The van der Waals surface area contributed by atoms with Gasteiger partial charge in [0.05, 0.1) is 0 Å². The molecule has 2 N–H and O–H groups in total. The van der Waals surface area contributed by atoms with Crippen molar-refractivity contribution >= 4 is 11.9 Å². The van der Waals surface area contributed by atoms with E-state index in [9.17, 15) is 14.0 Å². The minimum Gasteiger partial charge on any atom is -0.480 e. The van der Waals surface area contributed by atoms with Crippen LogP contribution in [0.1, 0.15) is 44.0 Å². The molecule has 0 heterocycles. The first kappa shape index (κ1) is 16.9. The maximum absolute atomic E-state index is 13.1. The number of ether oxygens (including phenoxy) is 1. The lowest BCUT2D eigenvalue weighted by atomic mass is 10.1. The van der Waals surface area contributed by atoms with Crippen LogP contribution in [0.15, 0.2) is 18.2 Å². The van der Waals surface area contributed by atoms with E-state index in [1.54, 1.807) is 0 Å². The number of hydrogen-bond donors (Lipinski definition) is 2. The summed E-state index contributed by atoms with van der Waals surface area (Å²) in [4.78, 5) is 23.0. The number of amides is 1. The summed E-state index contributed by atoms with van der Waals surface area (Å²) in [6.07, 6.45) is 0.728. The van der Waals surface area contributed by atoms with Gasteiger partial charge in [0.15, 0.2) is 6.10 Å². The van der Waals surface area contributed by atoms with E-state index >= 15 is 0 Å². The molecule has 1 aromatic rings. The van der Waals surface area contributed by atoms with E-state index in [0.29, 0.717) is 0 Å². The van der Waals surface area contributed by atoms with Gasteiger partial charge in [0.2, 0.25) is 0 Å². The second-order valence-electron chi connectivity index (χ2n) is 4.73. The molecule has 0 aliphatic rings. The number of hydrogen-bond acceptors (Lipinski definition) is 3. The summed E-state index contributed by atoms with van der Waals surface area (Å²) in [5, 5.41) is 11.8. The topological polar surface area (TPSA) is 75.6 Å². The lowest BCUT2D eigenvalue weighted by molar-refractivity contribution is -0.128. The predicted octanol–water partition coefficient (Wildman–Crippen LogP) is 2.60. The van der Waals surface area contributed by atoms with Crippen molar-refractivity contribution < 1.29 is 23.8 Å². The van der Waals surface area contributed by atoms with E-state index in [1.807, 2.05) is 13.8 Å². The fraction of sp³-hybridized carbons (Fsp3) is 0.467. The molecule has 6 heteroatoms. The Morgan fingerprint density at radius 3 is 2.48 bits per heavy atom. The van der Waals surface area contributed by atoms with Gasteiger partial charge < -0.3 is 15.2 Å². The van der Waals surface area contributed by atoms with Gasteiger partial charge in [0.1, 0.15) is 17.1 Å². The van der Waals surface area contributed by atoms with Crippen LogP contribution in [0.4, 0.5) is 4.39 Å². The lowest BCUT2D eigenvalue weighted by Crippen LogP contribution is -2.42. The molecule has 0 spiro atoms. The second-order valence-corrected chi connectivity index (χ2v) is 4.73. The summed E-state index contributed by atoms with van der Waals surface area (Å²) in [5.41, 5.74) is -0.308. The van der Waals surface area contributed by atoms with E-state index < -0.39 is 17.9 Å². The van der Waals surface area contributed by atoms with Gasteiger partial charge in [-0.3, -0.25) is 4.79 Å². The molecule has 1 aromatic carbocycles. The van der Waals surface area contributed by atoms with Crippen LogP contribution in [0.25, 0.3) is 0 Å². The number of rotatable bonds is 7. The first-order valence-corrected chi connectivity index (χ1v) is 6.88. The predicted molar refractivity (Wildman–Crippen MR) is 76.0 cm³/mol. The van der Waals surface area contributed by atoms with Crippen molar-refractivity contribution in [2.45, 2.75) is 45.8 Å². The van der Waals surface area contributed by atoms with E-state index in [0.717, 1.165) is 25.0 Å². The lowest BCUT2D eigenvalue weighted by Gasteiger charge is -2.20. The summed E-state index contributed by atoms with van der Waals surface area (Å²) in [6, 6.07) is 3.21. The quantitative estimate of drug-likeness (QED) is 0.811.